The van der Waals surface area contributed by atoms with E-state index >= 15 is 0 Å². The zero-order valence-corrected chi connectivity index (χ0v) is 15.3. The molecule has 3 rings (SSSR count). The highest BCUT2D eigenvalue weighted by atomic mass is 16.5. The average Bonchev–Trinajstić information content (AvgIpc) is 2.73. The van der Waals surface area contributed by atoms with Gasteiger partial charge in [0.2, 0.25) is 0 Å². The zero-order chi connectivity index (χ0) is 18.9. The van der Waals surface area contributed by atoms with Crippen molar-refractivity contribution in [2.75, 3.05) is 19.0 Å². The molecule has 5 nitrogen and oxygen atoms in total. The van der Waals surface area contributed by atoms with Gasteiger partial charge in [-0.3, -0.25) is 4.79 Å². The van der Waals surface area contributed by atoms with Crippen molar-refractivity contribution in [3.63, 3.8) is 0 Å². The number of amides is 1. The van der Waals surface area contributed by atoms with Gasteiger partial charge in [-0.15, -0.1) is 0 Å². The number of rotatable bonds is 8. The van der Waals surface area contributed by atoms with Gasteiger partial charge >= 0.3 is 0 Å². The van der Waals surface area contributed by atoms with E-state index in [2.05, 4.69) is 15.6 Å². The van der Waals surface area contributed by atoms with Crippen LogP contribution in [0.1, 0.15) is 21.5 Å². The Kier molecular flexibility index (Phi) is 6.41. The second-order valence-electron chi connectivity index (χ2n) is 6.09. The molecule has 0 spiro atoms. The first kappa shape index (κ1) is 18.5. The zero-order valence-electron chi connectivity index (χ0n) is 15.3. The van der Waals surface area contributed by atoms with Crippen LogP contribution in [-0.4, -0.2) is 24.5 Å². The van der Waals surface area contributed by atoms with E-state index in [9.17, 15) is 4.79 Å². The maximum Gasteiger partial charge on any atom is 0.251 e. The molecular formula is C22H23N3O2. The molecule has 2 N–H and O–H groups in total. The fourth-order valence-corrected chi connectivity index (χ4v) is 2.78. The summed E-state index contributed by atoms with van der Waals surface area (Å²) in [6.07, 6.45) is 2.44. The Balaban J connectivity index is 1.54. The number of benzene rings is 2. The van der Waals surface area contributed by atoms with Crippen LogP contribution < -0.4 is 15.4 Å². The lowest BCUT2D eigenvalue weighted by atomic mass is 10.1. The van der Waals surface area contributed by atoms with Crippen molar-refractivity contribution < 1.29 is 9.53 Å². The van der Waals surface area contributed by atoms with E-state index in [-0.39, 0.29) is 5.91 Å². The molecule has 0 bridgehead atoms. The SMILES string of the molecule is COc1ccccc1CCNc1cc(C(=O)NCc2ccccc2)ccn1. The molecule has 0 aliphatic rings. The fraction of sp³-hybridized carbons (Fsp3) is 0.182. The van der Waals surface area contributed by atoms with Gasteiger partial charge < -0.3 is 15.4 Å². The molecule has 3 aromatic rings. The Morgan fingerprint density at radius 1 is 1.04 bits per heavy atom. The number of aromatic nitrogens is 1. The number of anilines is 1. The number of nitrogens with one attached hydrogen (secondary N) is 2. The van der Waals surface area contributed by atoms with Gasteiger partial charge in [0.1, 0.15) is 11.6 Å². The van der Waals surface area contributed by atoms with Crippen molar-refractivity contribution in [3.05, 3.63) is 89.6 Å². The minimum absolute atomic E-state index is 0.117. The smallest absolute Gasteiger partial charge is 0.251 e. The first-order valence-electron chi connectivity index (χ1n) is 8.90. The molecule has 0 saturated heterocycles. The number of hydrogen-bond donors (Lipinski definition) is 2. The van der Waals surface area contributed by atoms with Crippen LogP contribution in [0.15, 0.2) is 72.9 Å². The fourth-order valence-electron chi connectivity index (χ4n) is 2.78. The third-order valence-electron chi connectivity index (χ3n) is 4.21. The lowest BCUT2D eigenvalue weighted by molar-refractivity contribution is 0.0951. The minimum Gasteiger partial charge on any atom is -0.496 e. The number of carbonyl (C=O) groups excluding carboxylic acids is 1. The van der Waals surface area contributed by atoms with Gasteiger partial charge in [-0.2, -0.15) is 0 Å². The summed E-state index contributed by atoms with van der Waals surface area (Å²) in [5.41, 5.74) is 2.78. The molecule has 0 fully saturated rings. The summed E-state index contributed by atoms with van der Waals surface area (Å²) < 4.78 is 5.37. The highest BCUT2D eigenvalue weighted by Gasteiger charge is 2.07. The van der Waals surface area contributed by atoms with Crippen LogP contribution in [0.4, 0.5) is 5.82 Å². The summed E-state index contributed by atoms with van der Waals surface area (Å²) in [5, 5.41) is 6.20. The predicted octanol–water partition coefficient (Wildman–Crippen LogP) is 3.67. The molecule has 138 valence electrons. The van der Waals surface area contributed by atoms with Crippen LogP contribution in [-0.2, 0) is 13.0 Å². The van der Waals surface area contributed by atoms with E-state index in [1.54, 1.807) is 25.4 Å². The van der Waals surface area contributed by atoms with Crippen LogP contribution in [0.5, 0.6) is 5.75 Å². The topological polar surface area (TPSA) is 63.2 Å². The lowest BCUT2D eigenvalue weighted by Crippen LogP contribution is -2.23. The Bertz CT molecular complexity index is 881. The van der Waals surface area contributed by atoms with Crippen LogP contribution in [0.3, 0.4) is 0 Å². The monoisotopic (exact) mass is 361 g/mol. The lowest BCUT2D eigenvalue weighted by Gasteiger charge is -2.10. The van der Waals surface area contributed by atoms with Crippen molar-refractivity contribution in [2.45, 2.75) is 13.0 Å². The molecule has 27 heavy (non-hydrogen) atoms. The molecule has 0 unspecified atom stereocenters. The molecule has 2 aromatic carbocycles. The van der Waals surface area contributed by atoms with E-state index in [0.717, 1.165) is 23.3 Å². The summed E-state index contributed by atoms with van der Waals surface area (Å²) in [4.78, 5) is 16.7. The number of carbonyl (C=O) groups is 1. The number of methoxy groups -OCH3 is 1. The first-order valence-corrected chi connectivity index (χ1v) is 8.90. The Labute approximate surface area is 159 Å². The average molecular weight is 361 g/mol. The van der Waals surface area contributed by atoms with E-state index in [4.69, 9.17) is 4.74 Å². The second-order valence-corrected chi connectivity index (χ2v) is 6.09. The molecule has 0 aliphatic carbocycles. The Morgan fingerprint density at radius 3 is 2.63 bits per heavy atom. The third-order valence-corrected chi connectivity index (χ3v) is 4.21. The molecule has 0 atom stereocenters. The maximum absolute atomic E-state index is 12.4. The van der Waals surface area contributed by atoms with Gasteiger partial charge in [0, 0.05) is 24.8 Å². The summed E-state index contributed by atoms with van der Waals surface area (Å²) in [6.45, 7) is 1.20. The quantitative estimate of drug-likeness (QED) is 0.642. The van der Waals surface area contributed by atoms with E-state index < -0.39 is 0 Å². The van der Waals surface area contributed by atoms with Crippen molar-refractivity contribution in [1.29, 1.82) is 0 Å². The van der Waals surface area contributed by atoms with E-state index in [1.165, 1.54) is 0 Å². The minimum atomic E-state index is -0.117. The summed E-state index contributed by atoms with van der Waals surface area (Å²) in [7, 11) is 1.67. The molecule has 5 heteroatoms. The Morgan fingerprint density at radius 2 is 1.81 bits per heavy atom. The molecule has 0 radical (unpaired) electrons. The number of para-hydroxylation sites is 1. The van der Waals surface area contributed by atoms with E-state index in [1.807, 2.05) is 54.6 Å². The highest BCUT2D eigenvalue weighted by Crippen LogP contribution is 2.18. The number of nitrogens with zero attached hydrogens (tertiary/aromatic N) is 1. The van der Waals surface area contributed by atoms with Crippen molar-refractivity contribution in [1.82, 2.24) is 10.3 Å². The van der Waals surface area contributed by atoms with Gasteiger partial charge in [-0.1, -0.05) is 48.5 Å². The second kappa shape index (κ2) is 9.38. The third kappa shape index (κ3) is 5.31. The molecule has 1 aromatic heterocycles. The van der Waals surface area contributed by atoms with Gasteiger partial charge in [0.15, 0.2) is 0 Å². The molecular weight excluding hydrogens is 338 g/mol. The van der Waals surface area contributed by atoms with Gasteiger partial charge in [0.05, 0.1) is 7.11 Å². The largest absolute Gasteiger partial charge is 0.496 e. The van der Waals surface area contributed by atoms with Crippen LogP contribution in [0, 0.1) is 0 Å². The standard InChI is InChI=1S/C22H23N3O2/c1-27-20-10-6-5-9-18(20)11-13-23-21-15-19(12-14-24-21)22(26)25-16-17-7-3-2-4-8-17/h2-10,12,14-15H,11,13,16H2,1H3,(H,23,24)(H,25,26). The number of hydrogen-bond acceptors (Lipinski definition) is 4. The summed E-state index contributed by atoms with van der Waals surface area (Å²) in [5.74, 6) is 1.44. The molecule has 1 amide bonds. The van der Waals surface area contributed by atoms with E-state index in [0.29, 0.717) is 24.5 Å². The van der Waals surface area contributed by atoms with Crippen LogP contribution in [0.2, 0.25) is 0 Å². The molecule has 1 heterocycles. The van der Waals surface area contributed by atoms with Crippen molar-refractivity contribution >= 4 is 11.7 Å². The van der Waals surface area contributed by atoms with Crippen molar-refractivity contribution in [3.8, 4) is 5.75 Å². The predicted molar refractivity (Wildman–Crippen MR) is 107 cm³/mol. The normalized spacial score (nSPS) is 10.3. The van der Waals surface area contributed by atoms with Crippen LogP contribution in [0.25, 0.3) is 0 Å². The highest BCUT2D eigenvalue weighted by molar-refractivity contribution is 5.94. The number of ether oxygens (including phenoxy) is 1. The summed E-state index contributed by atoms with van der Waals surface area (Å²) >= 11 is 0. The van der Waals surface area contributed by atoms with Crippen LogP contribution >= 0.6 is 0 Å². The van der Waals surface area contributed by atoms with Gasteiger partial charge in [0.25, 0.3) is 5.91 Å². The molecule has 0 aliphatic heterocycles. The number of pyridine rings is 1. The van der Waals surface area contributed by atoms with Gasteiger partial charge in [-0.05, 0) is 35.7 Å². The maximum atomic E-state index is 12.4. The van der Waals surface area contributed by atoms with Gasteiger partial charge in [-0.25, -0.2) is 4.98 Å². The molecule has 0 saturated carbocycles. The summed E-state index contributed by atoms with van der Waals surface area (Å²) in [6, 6.07) is 21.3. The first-order chi connectivity index (χ1) is 13.3. The van der Waals surface area contributed by atoms with Crippen molar-refractivity contribution in [2.24, 2.45) is 0 Å². The Hall–Kier alpha value is -3.34.